The lowest BCUT2D eigenvalue weighted by molar-refractivity contribution is -0.140. The minimum Gasteiger partial charge on any atom is -0.469 e. The third-order valence-electron chi connectivity index (χ3n) is 2.44. The van der Waals surface area contributed by atoms with E-state index in [1.807, 2.05) is 12.1 Å². The summed E-state index contributed by atoms with van der Waals surface area (Å²) >= 11 is 3.45. The largest absolute Gasteiger partial charge is 0.469 e. The first-order chi connectivity index (χ1) is 8.22. The first-order valence-electron chi connectivity index (χ1n) is 5.74. The predicted octanol–water partition coefficient (Wildman–Crippen LogP) is 2.53. The third-order valence-corrected chi connectivity index (χ3v) is 2.93. The SMILES string of the molecule is COC(=O)CCCNCCc1cccc(Br)c1. The molecule has 0 aliphatic heterocycles. The topological polar surface area (TPSA) is 38.3 Å². The summed E-state index contributed by atoms with van der Waals surface area (Å²) in [7, 11) is 1.42. The number of halogens is 1. The molecule has 17 heavy (non-hydrogen) atoms. The molecule has 1 N–H and O–H groups in total. The molecule has 0 amide bonds. The number of carbonyl (C=O) groups is 1. The summed E-state index contributed by atoms with van der Waals surface area (Å²) in [5.74, 6) is -0.140. The van der Waals surface area contributed by atoms with Crippen LogP contribution < -0.4 is 5.32 Å². The maximum Gasteiger partial charge on any atom is 0.305 e. The van der Waals surface area contributed by atoms with Crippen molar-refractivity contribution in [2.24, 2.45) is 0 Å². The number of esters is 1. The van der Waals surface area contributed by atoms with Crippen LogP contribution in [0.1, 0.15) is 18.4 Å². The first-order valence-corrected chi connectivity index (χ1v) is 6.53. The Hall–Kier alpha value is -0.870. The van der Waals surface area contributed by atoms with Gasteiger partial charge in [-0.3, -0.25) is 4.79 Å². The van der Waals surface area contributed by atoms with Crippen LogP contribution in [-0.2, 0) is 16.0 Å². The van der Waals surface area contributed by atoms with E-state index in [9.17, 15) is 4.79 Å². The molecule has 0 bridgehead atoms. The Bertz CT molecular complexity index is 355. The third kappa shape index (κ3) is 6.44. The molecule has 0 unspecified atom stereocenters. The van der Waals surface area contributed by atoms with E-state index in [4.69, 9.17) is 0 Å². The van der Waals surface area contributed by atoms with Gasteiger partial charge in [-0.15, -0.1) is 0 Å². The number of hydrogen-bond donors (Lipinski definition) is 1. The van der Waals surface area contributed by atoms with Gasteiger partial charge in [0.15, 0.2) is 0 Å². The number of benzene rings is 1. The van der Waals surface area contributed by atoms with Crippen molar-refractivity contribution >= 4 is 21.9 Å². The van der Waals surface area contributed by atoms with Crippen LogP contribution in [0.4, 0.5) is 0 Å². The fourth-order valence-electron chi connectivity index (χ4n) is 1.51. The average molecular weight is 300 g/mol. The highest BCUT2D eigenvalue weighted by Crippen LogP contribution is 2.11. The second-order valence-corrected chi connectivity index (χ2v) is 4.73. The van der Waals surface area contributed by atoms with Crippen molar-refractivity contribution in [2.75, 3.05) is 20.2 Å². The molecule has 1 rings (SSSR count). The summed E-state index contributed by atoms with van der Waals surface area (Å²) in [6.07, 6.45) is 2.31. The standard InChI is InChI=1S/C13H18BrNO2/c1-17-13(16)6-3-8-15-9-7-11-4-2-5-12(14)10-11/h2,4-5,10,15H,3,6-9H2,1H3. The Kier molecular flexibility index (Phi) is 6.89. The van der Waals surface area contributed by atoms with Crippen molar-refractivity contribution in [1.29, 1.82) is 0 Å². The highest BCUT2D eigenvalue weighted by atomic mass is 79.9. The van der Waals surface area contributed by atoms with Gasteiger partial charge in [-0.05, 0) is 43.6 Å². The number of hydrogen-bond acceptors (Lipinski definition) is 3. The van der Waals surface area contributed by atoms with Crippen LogP contribution in [0.15, 0.2) is 28.7 Å². The maximum absolute atomic E-state index is 10.8. The van der Waals surface area contributed by atoms with Crippen LogP contribution in [-0.4, -0.2) is 26.2 Å². The highest BCUT2D eigenvalue weighted by molar-refractivity contribution is 9.10. The Morgan fingerprint density at radius 1 is 1.41 bits per heavy atom. The molecule has 0 aliphatic rings. The van der Waals surface area contributed by atoms with Crippen molar-refractivity contribution in [3.05, 3.63) is 34.3 Å². The zero-order valence-corrected chi connectivity index (χ0v) is 11.6. The van der Waals surface area contributed by atoms with Gasteiger partial charge in [0.2, 0.25) is 0 Å². The molecule has 94 valence electrons. The normalized spacial score (nSPS) is 10.2. The lowest BCUT2D eigenvalue weighted by atomic mass is 10.1. The monoisotopic (exact) mass is 299 g/mol. The molecule has 0 aliphatic carbocycles. The predicted molar refractivity (Wildman–Crippen MR) is 72.0 cm³/mol. The van der Waals surface area contributed by atoms with Gasteiger partial charge >= 0.3 is 5.97 Å². The van der Waals surface area contributed by atoms with Crippen molar-refractivity contribution in [1.82, 2.24) is 5.32 Å². The van der Waals surface area contributed by atoms with Gasteiger partial charge in [0.05, 0.1) is 7.11 Å². The molecule has 1 aromatic rings. The summed E-state index contributed by atoms with van der Waals surface area (Å²) in [5, 5.41) is 3.31. The Morgan fingerprint density at radius 3 is 2.94 bits per heavy atom. The molecule has 0 fully saturated rings. The Labute approximate surface area is 111 Å². The average Bonchev–Trinajstić information content (AvgIpc) is 2.33. The Morgan fingerprint density at radius 2 is 2.24 bits per heavy atom. The molecule has 0 aromatic heterocycles. The van der Waals surface area contributed by atoms with Gasteiger partial charge in [0.1, 0.15) is 0 Å². The molecular formula is C13H18BrNO2. The fraction of sp³-hybridized carbons (Fsp3) is 0.462. The summed E-state index contributed by atoms with van der Waals surface area (Å²) in [6.45, 7) is 1.78. The van der Waals surface area contributed by atoms with Crippen LogP contribution in [0.3, 0.4) is 0 Å². The van der Waals surface area contributed by atoms with Crippen LogP contribution in [0, 0.1) is 0 Å². The summed E-state index contributed by atoms with van der Waals surface area (Å²) in [5.41, 5.74) is 1.31. The van der Waals surface area contributed by atoms with E-state index in [-0.39, 0.29) is 5.97 Å². The zero-order chi connectivity index (χ0) is 12.5. The number of nitrogens with one attached hydrogen (secondary N) is 1. The van der Waals surface area contributed by atoms with E-state index in [2.05, 4.69) is 38.1 Å². The van der Waals surface area contributed by atoms with Crippen molar-refractivity contribution in [3.8, 4) is 0 Å². The molecule has 3 nitrogen and oxygen atoms in total. The highest BCUT2D eigenvalue weighted by Gasteiger charge is 1.99. The molecule has 0 saturated carbocycles. The van der Waals surface area contributed by atoms with E-state index in [1.54, 1.807) is 0 Å². The van der Waals surface area contributed by atoms with Gasteiger partial charge in [-0.1, -0.05) is 28.1 Å². The molecule has 1 aromatic carbocycles. The molecular weight excluding hydrogens is 282 g/mol. The van der Waals surface area contributed by atoms with Gasteiger partial charge in [-0.25, -0.2) is 0 Å². The van der Waals surface area contributed by atoms with E-state index in [0.29, 0.717) is 6.42 Å². The van der Waals surface area contributed by atoms with Crippen LogP contribution in [0.25, 0.3) is 0 Å². The van der Waals surface area contributed by atoms with Crippen molar-refractivity contribution < 1.29 is 9.53 Å². The van der Waals surface area contributed by atoms with Gasteiger partial charge in [0, 0.05) is 10.9 Å². The lowest BCUT2D eigenvalue weighted by Crippen LogP contribution is -2.19. The smallest absolute Gasteiger partial charge is 0.305 e. The molecule has 0 radical (unpaired) electrons. The van der Waals surface area contributed by atoms with Crippen LogP contribution in [0.2, 0.25) is 0 Å². The fourth-order valence-corrected chi connectivity index (χ4v) is 1.96. The van der Waals surface area contributed by atoms with Crippen LogP contribution >= 0.6 is 15.9 Å². The van der Waals surface area contributed by atoms with E-state index < -0.39 is 0 Å². The maximum atomic E-state index is 10.8. The number of ether oxygens (including phenoxy) is 1. The molecule has 4 heteroatoms. The second kappa shape index (κ2) is 8.25. The van der Waals surface area contributed by atoms with Gasteiger partial charge in [-0.2, -0.15) is 0 Å². The van der Waals surface area contributed by atoms with Crippen molar-refractivity contribution in [3.63, 3.8) is 0 Å². The minimum atomic E-state index is -0.140. The molecule has 0 atom stereocenters. The summed E-state index contributed by atoms with van der Waals surface area (Å²) in [6, 6.07) is 8.29. The van der Waals surface area contributed by atoms with Crippen LogP contribution in [0.5, 0.6) is 0 Å². The summed E-state index contributed by atoms with van der Waals surface area (Å²) < 4.78 is 5.68. The lowest BCUT2D eigenvalue weighted by Gasteiger charge is -2.05. The quantitative estimate of drug-likeness (QED) is 0.621. The van der Waals surface area contributed by atoms with E-state index in [0.717, 1.165) is 30.4 Å². The van der Waals surface area contributed by atoms with E-state index in [1.165, 1.54) is 12.7 Å². The van der Waals surface area contributed by atoms with Crippen molar-refractivity contribution in [2.45, 2.75) is 19.3 Å². The van der Waals surface area contributed by atoms with Gasteiger partial charge < -0.3 is 10.1 Å². The number of rotatable bonds is 7. The molecule has 0 heterocycles. The van der Waals surface area contributed by atoms with E-state index >= 15 is 0 Å². The zero-order valence-electron chi connectivity index (χ0n) is 10.0. The number of methoxy groups -OCH3 is 1. The second-order valence-electron chi connectivity index (χ2n) is 3.81. The van der Waals surface area contributed by atoms with Gasteiger partial charge in [0.25, 0.3) is 0 Å². The Balaban J connectivity index is 2.06. The first kappa shape index (κ1) is 14.2. The molecule has 0 spiro atoms. The minimum absolute atomic E-state index is 0.140. The summed E-state index contributed by atoms with van der Waals surface area (Å²) in [4.78, 5) is 10.8. The molecule has 0 saturated heterocycles. The number of carbonyl (C=O) groups excluding carboxylic acids is 1.